The van der Waals surface area contributed by atoms with E-state index in [1.807, 2.05) is 24.3 Å². The molecule has 3 unspecified atom stereocenters. The molecule has 0 aliphatic carbocycles. The van der Waals surface area contributed by atoms with E-state index in [1.165, 1.54) is 0 Å². The van der Waals surface area contributed by atoms with Crippen LogP contribution in [-0.2, 0) is 9.59 Å². The second kappa shape index (κ2) is 7.01. The monoisotopic (exact) mass is 379 g/mol. The minimum Gasteiger partial charge on any atom is -0.353 e. The van der Waals surface area contributed by atoms with Crippen molar-refractivity contribution >= 4 is 33.4 Å². The summed E-state index contributed by atoms with van der Waals surface area (Å²) in [7, 11) is 0. The second-order valence-corrected chi connectivity index (χ2v) is 7.30. The highest BCUT2D eigenvalue weighted by molar-refractivity contribution is 9.10. The van der Waals surface area contributed by atoms with Gasteiger partial charge in [0.1, 0.15) is 0 Å². The first kappa shape index (κ1) is 16.5. The number of benzene rings is 1. The first-order chi connectivity index (χ1) is 11.0. The molecule has 3 atom stereocenters. The van der Waals surface area contributed by atoms with Crippen LogP contribution in [0.15, 0.2) is 28.7 Å². The van der Waals surface area contributed by atoms with E-state index in [-0.39, 0.29) is 30.2 Å². The van der Waals surface area contributed by atoms with Gasteiger partial charge in [0.15, 0.2) is 0 Å². The highest BCUT2D eigenvalue weighted by Gasteiger charge is 2.36. The molecule has 5 nitrogen and oxygen atoms in total. The predicted octanol–water partition coefficient (Wildman–Crippen LogP) is 2.06. The Bertz CT molecular complexity index is 607. The first-order valence-corrected chi connectivity index (χ1v) is 8.92. The van der Waals surface area contributed by atoms with Crippen molar-refractivity contribution in [1.82, 2.24) is 10.6 Å². The quantitative estimate of drug-likeness (QED) is 0.844. The average molecular weight is 380 g/mol. The van der Waals surface area contributed by atoms with Gasteiger partial charge in [0, 0.05) is 29.5 Å². The smallest absolute Gasteiger partial charge is 0.227 e. The fourth-order valence-corrected chi connectivity index (χ4v) is 3.87. The predicted molar refractivity (Wildman–Crippen MR) is 93.2 cm³/mol. The summed E-state index contributed by atoms with van der Waals surface area (Å²) in [6.07, 6.45) is 2.18. The number of piperidine rings is 1. The van der Waals surface area contributed by atoms with Crippen LogP contribution < -0.4 is 15.5 Å². The van der Waals surface area contributed by atoms with Gasteiger partial charge in [-0.05, 0) is 54.4 Å². The van der Waals surface area contributed by atoms with Crippen molar-refractivity contribution in [3.63, 3.8) is 0 Å². The largest absolute Gasteiger partial charge is 0.353 e. The molecular formula is C17H22BrN3O2. The summed E-state index contributed by atoms with van der Waals surface area (Å²) in [5.41, 5.74) is 0.836. The van der Waals surface area contributed by atoms with Crippen LogP contribution in [0.5, 0.6) is 0 Å². The number of carbonyl (C=O) groups is 2. The van der Waals surface area contributed by atoms with Crippen LogP contribution in [0.25, 0.3) is 0 Å². The van der Waals surface area contributed by atoms with Gasteiger partial charge in [-0.25, -0.2) is 0 Å². The Morgan fingerprint density at radius 2 is 2.17 bits per heavy atom. The van der Waals surface area contributed by atoms with E-state index in [0.29, 0.717) is 12.6 Å². The Hall–Kier alpha value is -1.40. The molecule has 2 aliphatic heterocycles. The maximum absolute atomic E-state index is 12.5. The SMILES string of the molecule is CC1CC(NC(=O)C2CC(=O)N(c3ccccc3Br)C2)CCN1. The molecule has 2 amide bonds. The summed E-state index contributed by atoms with van der Waals surface area (Å²) in [6.45, 7) is 3.51. The third-order valence-corrected chi connectivity index (χ3v) is 5.28. The number of rotatable bonds is 3. The van der Waals surface area contributed by atoms with Gasteiger partial charge in [0.25, 0.3) is 0 Å². The molecule has 3 rings (SSSR count). The number of nitrogens with zero attached hydrogens (tertiary/aromatic N) is 1. The molecule has 6 heteroatoms. The summed E-state index contributed by atoms with van der Waals surface area (Å²) in [6, 6.07) is 8.26. The summed E-state index contributed by atoms with van der Waals surface area (Å²) < 4.78 is 0.876. The van der Waals surface area contributed by atoms with Gasteiger partial charge in [0.2, 0.25) is 11.8 Å². The highest BCUT2D eigenvalue weighted by Crippen LogP contribution is 2.31. The fraction of sp³-hybridized carbons (Fsp3) is 0.529. The molecule has 0 radical (unpaired) electrons. The fourth-order valence-electron chi connectivity index (χ4n) is 3.37. The van der Waals surface area contributed by atoms with E-state index in [2.05, 4.69) is 33.5 Å². The Morgan fingerprint density at radius 1 is 1.39 bits per heavy atom. The first-order valence-electron chi connectivity index (χ1n) is 8.13. The van der Waals surface area contributed by atoms with E-state index in [9.17, 15) is 9.59 Å². The van der Waals surface area contributed by atoms with Gasteiger partial charge >= 0.3 is 0 Å². The van der Waals surface area contributed by atoms with Crippen molar-refractivity contribution in [3.8, 4) is 0 Å². The summed E-state index contributed by atoms with van der Waals surface area (Å²) in [4.78, 5) is 26.5. The zero-order chi connectivity index (χ0) is 16.4. The van der Waals surface area contributed by atoms with Crippen molar-refractivity contribution < 1.29 is 9.59 Å². The van der Waals surface area contributed by atoms with Crippen molar-refractivity contribution in [3.05, 3.63) is 28.7 Å². The normalized spacial score (nSPS) is 28.0. The maximum atomic E-state index is 12.5. The average Bonchev–Trinajstić information content (AvgIpc) is 2.90. The lowest BCUT2D eigenvalue weighted by atomic mass is 9.99. The number of para-hydroxylation sites is 1. The standard InChI is InChI=1S/C17H22BrN3O2/c1-11-8-13(6-7-19-11)20-17(23)12-9-16(22)21(10-12)15-5-3-2-4-14(15)18/h2-5,11-13,19H,6-10H2,1H3,(H,20,23). The molecule has 0 saturated carbocycles. The lowest BCUT2D eigenvalue weighted by molar-refractivity contribution is -0.127. The Kier molecular flexibility index (Phi) is 5.02. The zero-order valence-corrected chi connectivity index (χ0v) is 14.8. The van der Waals surface area contributed by atoms with Gasteiger partial charge in [0.05, 0.1) is 11.6 Å². The van der Waals surface area contributed by atoms with E-state index >= 15 is 0 Å². The lowest BCUT2D eigenvalue weighted by Crippen LogP contribution is -2.48. The maximum Gasteiger partial charge on any atom is 0.227 e. The van der Waals surface area contributed by atoms with Crippen LogP contribution in [0.3, 0.4) is 0 Å². The summed E-state index contributed by atoms with van der Waals surface area (Å²) >= 11 is 3.48. The van der Waals surface area contributed by atoms with Gasteiger partial charge in [-0.2, -0.15) is 0 Å². The number of amides is 2. The number of halogens is 1. The third-order valence-electron chi connectivity index (χ3n) is 4.61. The Balaban J connectivity index is 1.63. The van der Waals surface area contributed by atoms with Crippen LogP contribution in [0.2, 0.25) is 0 Å². The van der Waals surface area contributed by atoms with Crippen LogP contribution in [0, 0.1) is 5.92 Å². The minimum absolute atomic E-state index is 0.00648. The van der Waals surface area contributed by atoms with E-state index in [4.69, 9.17) is 0 Å². The molecule has 2 heterocycles. The molecular weight excluding hydrogens is 358 g/mol. The molecule has 2 N–H and O–H groups in total. The second-order valence-electron chi connectivity index (χ2n) is 6.44. The zero-order valence-electron chi connectivity index (χ0n) is 13.2. The molecule has 0 aromatic heterocycles. The minimum atomic E-state index is -0.264. The van der Waals surface area contributed by atoms with Crippen LogP contribution >= 0.6 is 15.9 Å². The number of hydrogen-bond acceptors (Lipinski definition) is 3. The molecule has 1 aromatic carbocycles. The summed E-state index contributed by atoms with van der Waals surface area (Å²) in [5, 5.41) is 6.51. The van der Waals surface area contributed by atoms with Gasteiger partial charge in [-0.15, -0.1) is 0 Å². The van der Waals surface area contributed by atoms with Crippen molar-refractivity contribution in [1.29, 1.82) is 0 Å². The Morgan fingerprint density at radius 3 is 2.91 bits per heavy atom. The molecule has 2 fully saturated rings. The molecule has 1 aromatic rings. The molecule has 124 valence electrons. The topological polar surface area (TPSA) is 61.4 Å². The van der Waals surface area contributed by atoms with Crippen LogP contribution in [-0.4, -0.2) is 37.0 Å². The van der Waals surface area contributed by atoms with Gasteiger partial charge in [-0.1, -0.05) is 12.1 Å². The summed E-state index contributed by atoms with van der Waals surface area (Å²) in [5.74, 6) is -0.248. The van der Waals surface area contributed by atoms with Crippen molar-refractivity contribution in [2.45, 2.75) is 38.3 Å². The Labute approximate surface area is 144 Å². The molecule has 2 aliphatic rings. The van der Waals surface area contributed by atoms with E-state index in [0.717, 1.165) is 29.5 Å². The van der Waals surface area contributed by atoms with Crippen molar-refractivity contribution in [2.75, 3.05) is 18.0 Å². The van der Waals surface area contributed by atoms with Gasteiger partial charge < -0.3 is 15.5 Å². The molecule has 2 saturated heterocycles. The number of carbonyl (C=O) groups excluding carboxylic acids is 2. The third kappa shape index (κ3) is 3.75. The van der Waals surface area contributed by atoms with Crippen LogP contribution in [0.4, 0.5) is 5.69 Å². The van der Waals surface area contributed by atoms with Gasteiger partial charge in [-0.3, -0.25) is 9.59 Å². The van der Waals surface area contributed by atoms with E-state index < -0.39 is 0 Å². The highest BCUT2D eigenvalue weighted by atomic mass is 79.9. The number of hydrogen-bond donors (Lipinski definition) is 2. The van der Waals surface area contributed by atoms with Crippen molar-refractivity contribution in [2.24, 2.45) is 5.92 Å². The molecule has 0 spiro atoms. The number of anilines is 1. The molecule has 23 heavy (non-hydrogen) atoms. The van der Waals surface area contributed by atoms with Crippen LogP contribution in [0.1, 0.15) is 26.2 Å². The van der Waals surface area contributed by atoms with E-state index in [1.54, 1.807) is 4.90 Å². The molecule has 0 bridgehead atoms. The lowest BCUT2D eigenvalue weighted by Gasteiger charge is -2.29. The number of nitrogens with one attached hydrogen (secondary N) is 2.